The molecule has 1 aliphatic rings. The molecule has 0 saturated carbocycles. The second kappa shape index (κ2) is 12.3. The zero-order chi connectivity index (χ0) is 18.5. The van der Waals surface area contributed by atoms with Gasteiger partial charge in [-0.15, -0.1) is 0 Å². The van der Waals surface area contributed by atoms with Gasteiger partial charge in [0.1, 0.15) is 0 Å². The first kappa shape index (κ1) is 20.2. The summed E-state index contributed by atoms with van der Waals surface area (Å²) in [5.74, 6) is 0.717. The Kier molecular flexibility index (Phi) is 9.53. The van der Waals surface area contributed by atoms with Gasteiger partial charge < -0.3 is 25.4 Å². The Morgan fingerprint density at radius 3 is 2.77 bits per heavy atom. The van der Waals surface area contributed by atoms with E-state index in [4.69, 9.17) is 9.47 Å². The summed E-state index contributed by atoms with van der Waals surface area (Å²) in [6.45, 7) is 4.09. The lowest BCUT2D eigenvalue weighted by molar-refractivity contribution is -0.121. The number of aliphatic imine (C=N–C) groups is 1. The Hall–Kier alpha value is -2.12. The molecule has 0 aromatic heterocycles. The van der Waals surface area contributed by atoms with E-state index in [2.05, 4.69) is 20.9 Å². The zero-order valence-electron chi connectivity index (χ0n) is 15.5. The summed E-state index contributed by atoms with van der Waals surface area (Å²) >= 11 is 0. The minimum Gasteiger partial charge on any atom is -0.379 e. The number of amides is 1. The average Bonchev–Trinajstić information content (AvgIpc) is 3.19. The number of hydrogen-bond acceptors (Lipinski definition) is 4. The third-order valence-corrected chi connectivity index (χ3v) is 4.06. The van der Waals surface area contributed by atoms with E-state index in [0.29, 0.717) is 38.7 Å². The fourth-order valence-corrected chi connectivity index (χ4v) is 2.57. The van der Waals surface area contributed by atoms with Gasteiger partial charge in [-0.2, -0.15) is 0 Å². The van der Waals surface area contributed by atoms with Crippen LogP contribution in [0.15, 0.2) is 35.3 Å². The summed E-state index contributed by atoms with van der Waals surface area (Å²) in [5, 5.41) is 9.28. The van der Waals surface area contributed by atoms with Gasteiger partial charge in [-0.1, -0.05) is 30.3 Å². The maximum absolute atomic E-state index is 11.9. The number of carbonyl (C=O) groups excluding carboxylic acids is 1. The smallest absolute Gasteiger partial charge is 0.222 e. The maximum atomic E-state index is 11.9. The van der Waals surface area contributed by atoms with Crippen LogP contribution in [-0.4, -0.2) is 57.9 Å². The molecule has 0 bridgehead atoms. The number of benzene rings is 1. The molecule has 1 aliphatic heterocycles. The summed E-state index contributed by atoms with van der Waals surface area (Å²) in [6, 6.07) is 9.88. The number of hydrogen-bond donors (Lipinski definition) is 3. The first-order chi connectivity index (χ1) is 12.8. The largest absolute Gasteiger partial charge is 0.379 e. The van der Waals surface area contributed by atoms with Crippen LogP contribution in [0.1, 0.15) is 24.8 Å². The molecule has 7 heteroatoms. The highest BCUT2D eigenvalue weighted by Gasteiger charge is 2.15. The van der Waals surface area contributed by atoms with E-state index in [1.807, 2.05) is 30.3 Å². The Balaban J connectivity index is 1.49. The zero-order valence-corrected chi connectivity index (χ0v) is 15.5. The van der Waals surface area contributed by atoms with E-state index < -0.39 is 0 Å². The van der Waals surface area contributed by atoms with Gasteiger partial charge >= 0.3 is 0 Å². The van der Waals surface area contributed by atoms with Crippen LogP contribution in [0.4, 0.5) is 0 Å². The number of nitrogens with zero attached hydrogens (tertiary/aromatic N) is 1. The van der Waals surface area contributed by atoms with Crippen molar-refractivity contribution in [1.82, 2.24) is 16.0 Å². The highest BCUT2D eigenvalue weighted by atomic mass is 16.5. The molecule has 1 aromatic carbocycles. The standard InChI is InChI=1S/C19H30N4O3/c1-20-19(21-10-5-12-26-17-9-13-25-15-17)22-11-8-18(24)23-14-16-6-3-2-4-7-16/h2-4,6-7,17H,5,8-15H2,1H3,(H,23,24)(H2,20,21,22). The molecule has 1 heterocycles. The SMILES string of the molecule is CN=C(NCCCOC1CCOC1)NCCC(=O)NCc1ccccc1. The van der Waals surface area contributed by atoms with Gasteiger partial charge in [-0.25, -0.2) is 0 Å². The number of ether oxygens (including phenoxy) is 2. The van der Waals surface area contributed by atoms with Gasteiger partial charge in [0.15, 0.2) is 5.96 Å². The average molecular weight is 362 g/mol. The molecular formula is C19H30N4O3. The second-order valence-electron chi connectivity index (χ2n) is 6.15. The van der Waals surface area contributed by atoms with E-state index in [1.165, 1.54) is 0 Å². The summed E-state index contributed by atoms with van der Waals surface area (Å²) < 4.78 is 11.0. The van der Waals surface area contributed by atoms with Crippen molar-refractivity contribution < 1.29 is 14.3 Å². The summed E-state index contributed by atoms with van der Waals surface area (Å²) in [4.78, 5) is 16.0. The molecular weight excluding hydrogens is 332 g/mol. The number of nitrogens with one attached hydrogen (secondary N) is 3. The van der Waals surface area contributed by atoms with E-state index in [0.717, 1.165) is 31.6 Å². The molecule has 0 aliphatic carbocycles. The normalized spacial score (nSPS) is 17.1. The van der Waals surface area contributed by atoms with Crippen molar-refractivity contribution in [3.63, 3.8) is 0 Å². The molecule has 1 unspecified atom stereocenters. The van der Waals surface area contributed by atoms with Crippen molar-refractivity contribution in [2.75, 3.05) is 40.0 Å². The van der Waals surface area contributed by atoms with Gasteiger partial charge in [0.05, 0.1) is 12.7 Å². The summed E-state index contributed by atoms with van der Waals surface area (Å²) in [6.07, 6.45) is 2.54. The molecule has 144 valence electrons. The molecule has 26 heavy (non-hydrogen) atoms. The molecule has 1 fully saturated rings. The number of rotatable bonds is 10. The minimum atomic E-state index is 0.0176. The van der Waals surface area contributed by atoms with Crippen molar-refractivity contribution in [3.8, 4) is 0 Å². The highest BCUT2D eigenvalue weighted by molar-refractivity contribution is 5.81. The Bertz CT molecular complexity index is 545. The summed E-state index contributed by atoms with van der Waals surface area (Å²) in [7, 11) is 1.72. The van der Waals surface area contributed by atoms with Gasteiger partial charge in [0.25, 0.3) is 0 Å². The fraction of sp³-hybridized carbons (Fsp3) is 0.579. The molecule has 7 nitrogen and oxygen atoms in total. The van der Waals surface area contributed by atoms with Crippen molar-refractivity contribution in [3.05, 3.63) is 35.9 Å². The van der Waals surface area contributed by atoms with Crippen LogP contribution in [0.3, 0.4) is 0 Å². The van der Waals surface area contributed by atoms with Crippen LogP contribution in [0.25, 0.3) is 0 Å². The maximum Gasteiger partial charge on any atom is 0.222 e. The lowest BCUT2D eigenvalue weighted by Gasteiger charge is -2.13. The number of carbonyl (C=O) groups is 1. The molecule has 1 aromatic rings. The molecule has 1 saturated heterocycles. The monoisotopic (exact) mass is 362 g/mol. The van der Waals surface area contributed by atoms with Gasteiger partial charge in [-0.05, 0) is 18.4 Å². The quantitative estimate of drug-likeness (QED) is 0.329. The van der Waals surface area contributed by atoms with Crippen LogP contribution in [-0.2, 0) is 20.8 Å². The third kappa shape index (κ3) is 8.31. The van der Waals surface area contributed by atoms with Crippen LogP contribution in [0.2, 0.25) is 0 Å². The topological polar surface area (TPSA) is 84.0 Å². The van der Waals surface area contributed by atoms with Crippen molar-refractivity contribution in [2.45, 2.75) is 31.9 Å². The predicted molar refractivity (Wildman–Crippen MR) is 102 cm³/mol. The second-order valence-corrected chi connectivity index (χ2v) is 6.15. The van der Waals surface area contributed by atoms with E-state index >= 15 is 0 Å². The van der Waals surface area contributed by atoms with Gasteiger partial charge in [-0.3, -0.25) is 9.79 Å². The molecule has 3 N–H and O–H groups in total. The fourth-order valence-electron chi connectivity index (χ4n) is 2.57. The summed E-state index contributed by atoms with van der Waals surface area (Å²) in [5.41, 5.74) is 1.10. The lowest BCUT2D eigenvalue weighted by atomic mass is 10.2. The minimum absolute atomic E-state index is 0.0176. The Labute approximate surface area is 155 Å². The van der Waals surface area contributed by atoms with Crippen molar-refractivity contribution in [2.24, 2.45) is 4.99 Å². The molecule has 0 spiro atoms. The van der Waals surface area contributed by atoms with Crippen LogP contribution < -0.4 is 16.0 Å². The van der Waals surface area contributed by atoms with Crippen molar-refractivity contribution >= 4 is 11.9 Å². The van der Waals surface area contributed by atoms with Gasteiger partial charge in [0.2, 0.25) is 5.91 Å². The van der Waals surface area contributed by atoms with Gasteiger partial charge in [0, 0.05) is 46.3 Å². The highest BCUT2D eigenvalue weighted by Crippen LogP contribution is 2.07. The first-order valence-electron chi connectivity index (χ1n) is 9.22. The third-order valence-electron chi connectivity index (χ3n) is 4.06. The predicted octanol–water partition coefficient (Wildman–Crippen LogP) is 1.05. The Morgan fingerprint density at radius 2 is 2.04 bits per heavy atom. The molecule has 1 amide bonds. The van der Waals surface area contributed by atoms with Crippen molar-refractivity contribution in [1.29, 1.82) is 0 Å². The van der Waals surface area contributed by atoms with E-state index in [-0.39, 0.29) is 12.0 Å². The van der Waals surface area contributed by atoms with Crippen LogP contribution in [0, 0.1) is 0 Å². The lowest BCUT2D eigenvalue weighted by Crippen LogP contribution is -2.39. The Morgan fingerprint density at radius 1 is 1.23 bits per heavy atom. The molecule has 2 rings (SSSR count). The van der Waals surface area contributed by atoms with E-state index in [1.54, 1.807) is 7.05 Å². The molecule has 1 atom stereocenters. The van der Waals surface area contributed by atoms with E-state index in [9.17, 15) is 4.79 Å². The molecule has 0 radical (unpaired) electrons. The number of guanidine groups is 1. The van der Waals surface area contributed by atoms with Crippen LogP contribution in [0.5, 0.6) is 0 Å². The van der Waals surface area contributed by atoms with Crippen LogP contribution >= 0.6 is 0 Å². The first-order valence-corrected chi connectivity index (χ1v) is 9.22.